The molecule has 0 aromatic heterocycles. The molecule has 120 valence electrons. The number of benzene rings is 2. The van der Waals surface area contributed by atoms with E-state index >= 15 is 0 Å². The molecule has 2 aromatic carbocycles. The van der Waals surface area contributed by atoms with Crippen LogP contribution in [-0.4, -0.2) is 31.1 Å². The van der Waals surface area contributed by atoms with Crippen molar-refractivity contribution in [2.45, 2.75) is 0 Å². The number of hydrogen-bond acceptors (Lipinski definition) is 4. The van der Waals surface area contributed by atoms with Crippen LogP contribution in [0.25, 0.3) is 6.08 Å². The van der Waals surface area contributed by atoms with Crippen molar-refractivity contribution < 1.29 is 14.8 Å². The van der Waals surface area contributed by atoms with Gasteiger partial charge in [0.25, 0.3) is 11.8 Å². The maximum absolute atomic E-state index is 12.1. The Morgan fingerprint density at radius 3 is 2.54 bits per heavy atom. The normalized spacial score (nSPS) is 10.9. The fourth-order valence-corrected chi connectivity index (χ4v) is 1.88. The molecule has 0 saturated carbocycles. The molecule has 0 aliphatic carbocycles. The number of nitrogens with zero attached hydrogens (tertiary/aromatic N) is 1. The average Bonchev–Trinajstić information content (AvgIpc) is 2.61. The van der Waals surface area contributed by atoms with Crippen molar-refractivity contribution in [2.75, 3.05) is 0 Å². The Bertz CT molecular complexity index is 786. The van der Waals surface area contributed by atoms with Crippen molar-refractivity contribution in [2.24, 2.45) is 5.10 Å². The van der Waals surface area contributed by atoms with E-state index in [1.807, 2.05) is 32.1 Å². The van der Waals surface area contributed by atoms with Crippen molar-refractivity contribution in [3.05, 3.63) is 71.3 Å². The Hall–Kier alpha value is -3.19. The summed E-state index contributed by atoms with van der Waals surface area (Å²) in [5, 5.41) is 12.4. The van der Waals surface area contributed by atoms with Gasteiger partial charge in [0.2, 0.25) is 0 Å². The van der Waals surface area contributed by atoms with E-state index in [-0.39, 0.29) is 5.91 Å². The van der Waals surface area contributed by atoms with Crippen LogP contribution in [0.15, 0.2) is 59.7 Å². The van der Waals surface area contributed by atoms with E-state index in [4.69, 9.17) is 5.21 Å². The highest BCUT2D eigenvalue weighted by Gasteiger charge is 2.04. The summed E-state index contributed by atoms with van der Waals surface area (Å²) in [6, 6.07) is 14.4. The molecule has 0 bridgehead atoms. The van der Waals surface area contributed by atoms with Crippen molar-refractivity contribution in [3.8, 4) is 0 Å². The van der Waals surface area contributed by atoms with E-state index in [1.54, 1.807) is 30.5 Å². The summed E-state index contributed by atoms with van der Waals surface area (Å²) < 4.78 is 0. The van der Waals surface area contributed by atoms with Crippen LogP contribution in [0.4, 0.5) is 0 Å². The molecule has 0 aliphatic heterocycles. The van der Waals surface area contributed by atoms with Crippen LogP contribution < -0.4 is 16.4 Å². The van der Waals surface area contributed by atoms with Gasteiger partial charge in [0, 0.05) is 11.6 Å². The molecule has 2 amide bonds. The molecule has 3 N–H and O–H groups in total. The van der Waals surface area contributed by atoms with E-state index in [0.29, 0.717) is 11.1 Å². The minimum atomic E-state index is -0.646. The maximum Gasteiger partial charge on any atom is 0.271 e. The fourth-order valence-electron chi connectivity index (χ4n) is 1.88. The van der Waals surface area contributed by atoms with Crippen molar-refractivity contribution in [3.63, 3.8) is 0 Å². The predicted octanol–water partition coefficient (Wildman–Crippen LogP) is 0.227. The number of carbonyl (C=O) groups excluding carboxylic acids is 2. The molecule has 2 rings (SSSR count). The van der Waals surface area contributed by atoms with Gasteiger partial charge in [-0.15, -0.1) is 0 Å². The number of amides is 2. The lowest BCUT2D eigenvalue weighted by Gasteiger charge is -2.01. The molecular weight excluding hydrogens is 305 g/mol. The zero-order valence-corrected chi connectivity index (χ0v) is 13.1. The monoisotopic (exact) mass is 321 g/mol. The van der Waals surface area contributed by atoms with E-state index < -0.39 is 5.91 Å². The maximum atomic E-state index is 12.1. The molecule has 7 heteroatoms. The molecule has 24 heavy (non-hydrogen) atoms. The first kappa shape index (κ1) is 17.2. The van der Waals surface area contributed by atoms with Gasteiger partial charge >= 0.3 is 0 Å². The SMILES string of the molecule is Bc1ccc(/C=N/NC(=O)c2cccc(/C=C/C(=O)NO)c2)cc1. The van der Waals surface area contributed by atoms with Crippen LogP contribution in [0, 0.1) is 0 Å². The van der Waals surface area contributed by atoms with Crippen molar-refractivity contribution in [1.29, 1.82) is 0 Å². The summed E-state index contributed by atoms with van der Waals surface area (Å²) in [7, 11) is 1.99. The number of carbonyl (C=O) groups is 2. The van der Waals surface area contributed by atoms with Gasteiger partial charge in [-0.1, -0.05) is 41.9 Å². The highest BCUT2D eigenvalue weighted by molar-refractivity contribution is 6.32. The van der Waals surface area contributed by atoms with E-state index in [1.165, 1.54) is 11.6 Å². The second kappa shape index (κ2) is 8.45. The lowest BCUT2D eigenvalue weighted by Crippen LogP contribution is -2.17. The summed E-state index contributed by atoms with van der Waals surface area (Å²) in [5.74, 6) is -1.01. The largest absolute Gasteiger partial charge is 0.288 e. The predicted molar refractivity (Wildman–Crippen MR) is 95.1 cm³/mol. The van der Waals surface area contributed by atoms with Gasteiger partial charge < -0.3 is 0 Å². The van der Waals surface area contributed by atoms with Crippen LogP contribution in [0.1, 0.15) is 21.5 Å². The van der Waals surface area contributed by atoms with E-state index in [0.717, 1.165) is 17.1 Å². The van der Waals surface area contributed by atoms with Crippen LogP contribution in [-0.2, 0) is 4.79 Å². The zero-order valence-electron chi connectivity index (χ0n) is 13.1. The molecule has 6 nitrogen and oxygen atoms in total. The van der Waals surface area contributed by atoms with Crippen LogP contribution in [0.2, 0.25) is 0 Å². The number of nitrogens with one attached hydrogen (secondary N) is 2. The second-order valence-corrected chi connectivity index (χ2v) is 5.04. The Labute approximate surface area is 140 Å². The van der Waals surface area contributed by atoms with E-state index in [9.17, 15) is 9.59 Å². The summed E-state index contributed by atoms with van der Waals surface area (Å²) in [4.78, 5) is 23.0. The average molecular weight is 321 g/mol. The molecule has 0 heterocycles. The molecule has 2 aromatic rings. The molecule has 0 unspecified atom stereocenters. The van der Waals surface area contributed by atoms with Gasteiger partial charge in [-0.05, 0) is 29.3 Å². The fraction of sp³-hybridized carbons (Fsp3) is 0. The topological polar surface area (TPSA) is 90.8 Å². The lowest BCUT2D eigenvalue weighted by molar-refractivity contribution is -0.124. The quantitative estimate of drug-likeness (QED) is 0.242. The second-order valence-electron chi connectivity index (χ2n) is 5.04. The Balaban J connectivity index is 2.00. The van der Waals surface area contributed by atoms with Gasteiger partial charge in [-0.3, -0.25) is 14.8 Å². The lowest BCUT2D eigenvalue weighted by atomic mass is 9.96. The van der Waals surface area contributed by atoms with Crippen molar-refractivity contribution in [1.82, 2.24) is 10.9 Å². The van der Waals surface area contributed by atoms with Gasteiger partial charge in [0.15, 0.2) is 0 Å². The van der Waals surface area contributed by atoms with Gasteiger partial charge in [0.05, 0.1) is 6.21 Å². The molecule has 0 radical (unpaired) electrons. The first-order valence-electron chi connectivity index (χ1n) is 7.21. The number of hydrazone groups is 1. The van der Waals surface area contributed by atoms with Gasteiger partial charge in [0.1, 0.15) is 7.85 Å². The van der Waals surface area contributed by atoms with E-state index in [2.05, 4.69) is 10.5 Å². The minimum absolute atomic E-state index is 0.361. The summed E-state index contributed by atoms with van der Waals surface area (Å²) in [6.45, 7) is 0. The van der Waals surface area contributed by atoms with Crippen molar-refractivity contribution >= 4 is 37.4 Å². The van der Waals surface area contributed by atoms with Gasteiger partial charge in [-0.2, -0.15) is 5.10 Å². The first-order valence-corrected chi connectivity index (χ1v) is 7.21. The smallest absolute Gasteiger partial charge is 0.271 e. The third-order valence-corrected chi connectivity index (χ3v) is 3.14. The summed E-state index contributed by atoms with van der Waals surface area (Å²) >= 11 is 0. The highest BCUT2D eigenvalue weighted by Crippen LogP contribution is 2.07. The molecule has 0 spiro atoms. The number of rotatable bonds is 5. The van der Waals surface area contributed by atoms with Gasteiger partial charge in [-0.25, -0.2) is 10.9 Å². The third-order valence-electron chi connectivity index (χ3n) is 3.14. The van der Waals surface area contributed by atoms with Crippen LogP contribution >= 0.6 is 0 Å². The summed E-state index contributed by atoms with van der Waals surface area (Å²) in [6.07, 6.45) is 4.21. The number of hydroxylamine groups is 1. The molecule has 0 aliphatic rings. The molecule has 0 fully saturated rings. The van der Waals surface area contributed by atoms with Crippen LogP contribution in [0.5, 0.6) is 0 Å². The Kier molecular flexibility index (Phi) is 6.05. The standard InChI is InChI=1S/C17H16BN3O3/c18-15-7-4-13(5-8-15)11-19-20-17(23)14-3-1-2-12(10-14)6-9-16(22)21-24/h1-11,24H,18H2,(H,20,23)(H,21,22)/b9-6+,19-11+. The molecule has 0 atom stereocenters. The first-order chi connectivity index (χ1) is 11.6. The Morgan fingerprint density at radius 2 is 1.83 bits per heavy atom. The third kappa shape index (κ3) is 5.22. The molecular formula is C17H16BN3O3. The zero-order chi connectivity index (χ0) is 17.4. The molecule has 0 saturated heterocycles. The Morgan fingerprint density at radius 1 is 1.08 bits per heavy atom. The summed E-state index contributed by atoms with van der Waals surface area (Å²) in [5.41, 5.74) is 7.03. The van der Waals surface area contributed by atoms with Crippen LogP contribution in [0.3, 0.4) is 0 Å². The highest BCUT2D eigenvalue weighted by atomic mass is 16.5. The minimum Gasteiger partial charge on any atom is -0.288 e. The number of hydrogen-bond donors (Lipinski definition) is 3.